The molecule has 1 aliphatic carbocycles. The van der Waals surface area contributed by atoms with Crippen LogP contribution >= 0.6 is 11.3 Å². The zero-order chi connectivity index (χ0) is 15.2. The number of rotatable bonds is 1. The summed E-state index contributed by atoms with van der Waals surface area (Å²) in [4.78, 5) is 3.81. The number of thiazole rings is 1. The van der Waals surface area contributed by atoms with Gasteiger partial charge in [-0.15, -0.1) is 11.3 Å². The van der Waals surface area contributed by atoms with Crippen molar-refractivity contribution < 1.29 is 18.3 Å². The molecule has 0 aromatic carbocycles. The summed E-state index contributed by atoms with van der Waals surface area (Å²) in [6, 6.07) is 0. The van der Waals surface area contributed by atoms with E-state index in [2.05, 4.69) is 4.98 Å². The van der Waals surface area contributed by atoms with E-state index in [0.717, 1.165) is 19.3 Å². The lowest BCUT2D eigenvalue weighted by Crippen LogP contribution is -2.44. The molecule has 1 aromatic heterocycles. The first-order valence-electron chi connectivity index (χ1n) is 6.81. The Morgan fingerprint density at radius 3 is 2.45 bits per heavy atom. The van der Waals surface area contributed by atoms with E-state index >= 15 is 0 Å². The molecule has 0 spiro atoms. The fourth-order valence-corrected chi connectivity index (χ4v) is 4.16. The summed E-state index contributed by atoms with van der Waals surface area (Å²) in [6.07, 6.45) is -0.0477. The minimum Gasteiger partial charge on any atom is -0.384 e. The van der Waals surface area contributed by atoms with Crippen LogP contribution in [0, 0.1) is 11.3 Å². The summed E-state index contributed by atoms with van der Waals surface area (Å²) in [5.74, 6) is -0.0507. The standard InChI is InChI=1S/C14H20F3NOS/c1-12(2,3)9-6-4-5-7-13(9,19)10-8-18-11(20-10)14(15,16)17/h8-9,19H,4-7H2,1-3H3. The van der Waals surface area contributed by atoms with Gasteiger partial charge in [0.05, 0.1) is 4.88 Å². The van der Waals surface area contributed by atoms with Gasteiger partial charge in [-0.1, -0.05) is 33.6 Å². The lowest BCUT2D eigenvalue weighted by molar-refractivity contribution is -0.137. The summed E-state index contributed by atoms with van der Waals surface area (Å²) in [6.45, 7) is 6.08. The maximum absolute atomic E-state index is 12.7. The molecule has 6 heteroatoms. The molecule has 1 saturated carbocycles. The average Bonchev–Trinajstić information content (AvgIpc) is 2.77. The van der Waals surface area contributed by atoms with Crippen molar-refractivity contribution in [2.75, 3.05) is 0 Å². The van der Waals surface area contributed by atoms with Gasteiger partial charge in [-0.2, -0.15) is 13.2 Å². The number of alkyl halides is 3. The molecule has 1 aliphatic rings. The molecule has 1 fully saturated rings. The molecule has 1 N–H and O–H groups in total. The zero-order valence-electron chi connectivity index (χ0n) is 11.9. The summed E-state index contributed by atoms with van der Waals surface area (Å²) in [7, 11) is 0. The molecule has 2 rings (SSSR count). The highest BCUT2D eigenvalue weighted by atomic mass is 32.1. The highest BCUT2D eigenvalue weighted by Gasteiger charge is 2.48. The molecule has 2 atom stereocenters. The molecule has 0 amide bonds. The number of halogens is 3. The predicted molar refractivity (Wildman–Crippen MR) is 72.4 cm³/mol. The first-order chi connectivity index (χ1) is 9.05. The van der Waals surface area contributed by atoms with Gasteiger partial charge in [-0.3, -0.25) is 0 Å². The first-order valence-corrected chi connectivity index (χ1v) is 7.62. The Labute approximate surface area is 121 Å². The fraction of sp³-hybridized carbons (Fsp3) is 0.786. The number of aliphatic hydroxyl groups is 1. The molecule has 0 radical (unpaired) electrons. The molecule has 1 heterocycles. The Kier molecular flexibility index (Phi) is 3.93. The minimum absolute atomic E-state index is 0.0507. The normalized spacial score (nSPS) is 28.6. The van der Waals surface area contributed by atoms with Gasteiger partial charge in [0.2, 0.25) is 0 Å². The van der Waals surface area contributed by atoms with Crippen molar-refractivity contribution >= 4 is 11.3 Å². The van der Waals surface area contributed by atoms with E-state index in [-0.39, 0.29) is 11.3 Å². The van der Waals surface area contributed by atoms with Crippen molar-refractivity contribution in [3.8, 4) is 0 Å². The minimum atomic E-state index is -4.44. The Hall–Kier alpha value is -0.620. The van der Waals surface area contributed by atoms with Crippen molar-refractivity contribution in [3.05, 3.63) is 16.1 Å². The van der Waals surface area contributed by atoms with E-state index in [9.17, 15) is 18.3 Å². The van der Waals surface area contributed by atoms with Gasteiger partial charge in [0.15, 0.2) is 5.01 Å². The second kappa shape index (κ2) is 4.98. The van der Waals surface area contributed by atoms with Gasteiger partial charge in [0.1, 0.15) is 5.60 Å². The second-order valence-corrected chi connectivity index (χ2v) is 7.65. The number of nitrogens with zero attached hydrogens (tertiary/aromatic N) is 1. The van der Waals surface area contributed by atoms with Crippen LogP contribution in [0.15, 0.2) is 6.20 Å². The SMILES string of the molecule is CC(C)(C)C1CCCCC1(O)c1cnc(C(F)(F)F)s1. The first kappa shape index (κ1) is 15.8. The highest BCUT2D eigenvalue weighted by molar-refractivity contribution is 7.11. The number of hydrogen-bond acceptors (Lipinski definition) is 3. The Bertz CT molecular complexity index is 477. The van der Waals surface area contributed by atoms with Gasteiger partial charge in [0.25, 0.3) is 0 Å². The molecule has 0 aliphatic heterocycles. The monoisotopic (exact) mass is 307 g/mol. The van der Waals surface area contributed by atoms with Crippen LogP contribution in [0.2, 0.25) is 0 Å². The molecule has 20 heavy (non-hydrogen) atoms. The van der Waals surface area contributed by atoms with Gasteiger partial charge in [-0.25, -0.2) is 4.98 Å². The van der Waals surface area contributed by atoms with Gasteiger partial charge < -0.3 is 5.11 Å². The molecule has 0 bridgehead atoms. The van der Waals surface area contributed by atoms with Crippen molar-refractivity contribution in [1.29, 1.82) is 0 Å². The van der Waals surface area contributed by atoms with Gasteiger partial charge in [-0.05, 0) is 24.2 Å². The largest absolute Gasteiger partial charge is 0.443 e. The van der Waals surface area contributed by atoms with Crippen LogP contribution in [-0.4, -0.2) is 10.1 Å². The highest BCUT2D eigenvalue weighted by Crippen LogP contribution is 2.51. The van der Waals surface area contributed by atoms with Crippen molar-refractivity contribution in [2.24, 2.45) is 11.3 Å². The number of hydrogen-bond donors (Lipinski definition) is 1. The lowest BCUT2D eigenvalue weighted by atomic mass is 9.63. The van der Waals surface area contributed by atoms with Crippen molar-refractivity contribution in [1.82, 2.24) is 4.98 Å². The van der Waals surface area contributed by atoms with E-state index in [1.807, 2.05) is 20.8 Å². The number of aromatic nitrogens is 1. The van der Waals surface area contributed by atoms with Gasteiger partial charge in [0, 0.05) is 6.20 Å². The topological polar surface area (TPSA) is 33.1 Å². The maximum Gasteiger partial charge on any atom is 0.443 e. The molecule has 0 saturated heterocycles. The van der Waals surface area contributed by atoms with Crippen LogP contribution in [0.5, 0.6) is 0 Å². The maximum atomic E-state index is 12.7. The average molecular weight is 307 g/mol. The van der Waals surface area contributed by atoms with E-state index in [0.29, 0.717) is 22.6 Å². The van der Waals surface area contributed by atoms with Crippen LogP contribution in [0.4, 0.5) is 13.2 Å². The summed E-state index contributed by atoms with van der Waals surface area (Å²) in [5, 5.41) is 10.1. The second-order valence-electron chi connectivity index (χ2n) is 6.62. The van der Waals surface area contributed by atoms with Crippen LogP contribution in [-0.2, 0) is 11.8 Å². The zero-order valence-corrected chi connectivity index (χ0v) is 12.7. The van der Waals surface area contributed by atoms with Crippen LogP contribution in [0.1, 0.15) is 56.3 Å². The van der Waals surface area contributed by atoms with E-state index in [4.69, 9.17) is 0 Å². The summed E-state index contributed by atoms with van der Waals surface area (Å²) >= 11 is 0.579. The van der Waals surface area contributed by atoms with Crippen LogP contribution < -0.4 is 0 Å². The predicted octanol–water partition coefficient (Wildman–Crippen LogP) is 4.59. The van der Waals surface area contributed by atoms with E-state index < -0.39 is 16.8 Å². The smallest absolute Gasteiger partial charge is 0.384 e. The summed E-state index contributed by atoms with van der Waals surface area (Å²) in [5.41, 5.74) is -1.34. The molecular weight excluding hydrogens is 287 g/mol. The van der Waals surface area contributed by atoms with Gasteiger partial charge >= 0.3 is 6.18 Å². The molecule has 2 unspecified atom stereocenters. The lowest BCUT2D eigenvalue weighted by Gasteiger charge is -2.46. The van der Waals surface area contributed by atoms with E-state index in [1.54, 1.807) is 0 Å². The van der Waals surface area contributed by atoms with E-state index in [1.165, 1.54) is 6.20 Å². The van der Waals surface area contributed by atoms with Crippen LogP contribution in [0.3, 0.4) is 0 Å². The molecular formula is C14H20F3NOS. The Balaban J connectivity index is 2.39. The third-order valence-corrected chi connectivity index (χ3v) is 5.31. The summed E-state index contributed by atoms with van der Waals surface area (Å²) < 4.78 is 38.1. The third-order valence-electron chi connectivity index (χ3n) is 4.10. The molecule has 2 nitrogen and oxygen atoms in total. The third kappa shape index (κ3) is 2.86. The Morgan fingerprint density at radius 1 is 1.30 bits per heavy atom. The molecule has 114 valence electrons. The van der Waals surface area contributed by atoms with Crippen LogP contribution in [0.25, 0.3) is 0 Å². The quantitative estimate of drug-likeness (QED) is 0.823. The van der Waals surface area contributed by atoms with Crippen molar-refractivity contribution in [2.45, 2.75) is 58.2 Å². The van der Waals surface area contributed by atoms with Crippen molar-refractivity contribution in [3.63, 3.8) is 0 Å². The fourth-order valence-electron chi connectivity index (χ4n) is 3.21. The molecule has 1 aromatic rings. The Morgan fingerprint density at radius 2 is 1.95 bits per heavy atom.